The molecule has 68 valence electrons. The van der Waals surface area contributed by atoms with Gasteiger partial charge >= 0.3 is 5.97 Å². The minimum Gasteiger partial charge on any atom is -0.456 e. The molecular formula is C9H14O3. The van der Waals surface area contributed by atoms with Crippen LogP contribution in [0.2, 0.25) is 0 Å². The van der Waals surface area contributed by atoms with Gasteiger partial charge in [-0.15, -0.1) is 0 Å². The maximum Gasteiger partial charge on any atom is 0.333 e. The van der Waals surface area contributed by atoms with Crippen molar-refractivity contribution in [1.29, 1.82) is 0 Å². The lowest BCUT2D eigenvalue weighted by Crippen LogP contribution is -2.18. The first kappa shape index (κ1) is 9.26. The summed E-state index contributed by atoms with van der Waals surface area (Å²) in [7, 11) is 0. The SMILES string of the molecule is C/C=C(/C)C(=O)O[C@@H]1CCOC1. The average molecular weight is 170 g/mol. The molecule has 1 aliphatic rings. The molecule has 1 fully saturated rings. The highest BCUT2D eigenvalue weighted by Crippen LogP contribution is 2.10. The quantitative estimate of drug-likeness (QED) is 0.462. The molecule has 0 aliphatic carbocycles. The number of carbonyl (C=O) groups excluding carboxylic acids is 1. The van der Waals surface area contributed by atoms with Crippen molar-refractivity contribution in [2.75, 3.05) is 13.2 Å². The second-order valence-corrected chi connectivity index (χ2v) is 2.86. The molecule has 0 aromatic carbocycles. The fourth-order valence-electron chi connectivity index (χ4n) is 0.968. The van der Waals surface area contributed by atoms with Gasteiger partial charge in [-0.3, -0.25) is 0 Å². The van der Waals surface area contributed by atoms with E-state index in [-0.39, 0.29) is 12.1 Å². The fraction of sp³-hybridized carbons (Fsp3) is 0.667. The van der Waals surface area contributed by atoms with Crippen LogP contribution in [0.3, 0.4) is 0 Å². The van der Waals surface area contributed by atoms with Crippen LogP contribution < -0.4 is 0 Å². The van der Waals surface area contributed by atoms with Gasteiger partial charge in [-0.25, -0.2) is 4.79 Å². The van der Waals surface area contributed by atoms with E-state index in [0.29, 0.717) is 18.8 Å². The molecule has 0 unspecified atom stereocenters. The lowest BCUT2D eigenvalue weighted by atomic mass is 10.3. The summed E-state index contributed by atoms with van der Waals surface area (Å²) < 4.78 is 10.2. The summed E-state index contributed by atoms with van der Waals surface area (Å²) in [6.07, 6.45) is 2.54. The van der Waals surface area contributed by atoms with E-state index in [1.54, 1.807) is 13.0 Å². The molecule has 0 aromatic heterocycles. The summed E-state index contributed by atoms with van der Waals surface area (Å²) in [6, 6.07) is 0. The second kappa shape index (κ2) is 4.26. The number of carbonyl (C=O) groups is 1. The molecule has 1 saturated heterocycles. The van der Waals surface area contributed by atoms with Crippen LogP contribution in [0.5, 0.6) is 0 Å². The smallest absolute Gasteiger partial charge is 0.333 e. The normalized spacial score (nSPS) is 24.2. The predicted octanol–water partition coefficient (Wildman–Crippen LogP) is 1.28. The molecule has 0 saturated carbocycles. The van der Waals surface area contributed by atoms with Gasteiger partial charge < -0.3 is 9.47 Å². The zero-order valence-electron chi connectivity index (χ0n) is 7.50. The van der Waals surface area contributed by atoms with Gasteiger partial charge in [0.2, 0.25) is 0 Å². The first-order valence-electron chi connectivity index (χ1n) is 4.15. The molecule has 1 heterocycles. The summed E-state index contributed by atoms with van der Waals surface area (Å²) in [6.45, 7) is 4.81. The minimum atomic E-state index is -0.229. The molecule has 0 amide bonds. The Hall–Kier alpha value is -0.830. The molecule has 12 heavy (non-hydrogen) atoms. The number of hydrogen-bond acceptors (Lipinski definition) is 3. The molecular weight excluding hydrogens is 156 g/mol. The zero-order chi connectivity index (χ0) is 8.97. The molecule has 3 heteroatoms. The van der Waals surface area contributed by atoms with Gasteiger partial charge in [-0.2, -0.15) is 0 Å². The van der Waals surface area contributed by atoms with Crippen LogP contribution in [0.4, 0.5) is 0 Å². The van der Waals surface area contributed by atoms with Gasteiger partial charge in [-0.1, -0.05) is 6.08 Å². The van der Waals surface area contributed by atoms with E-state index in [0.717, 1.165) is 6.42 Å². The van der Waals surface area contributed by atoms with Crippen LogP contribution in [0.1, 0.15) is 20.3 Å². The molecule has 0 radical (unpaired) electrons. The van der Waals surface area contributed by atoms with Crippen LogP contribution in [-0.2, 0) is 14.3 Å². The van der Waals surface area contributed by atoms with E-state index in [2.05, 4.69) is 0 Å². The highest BCUT2D eigenvalue weighted by molar-refractivity contribution is 5.87. The van der Waals surface area contributed by atoms with E-state index in [1.807, 2.05) is 6.92 Å². The molecule has 0 bridgehead atoms. The van der Waals surface area contributed by atoms with Crippen LogP contribution in [0, 0.1) is 0 Å². The third-order valence-corrected chi connectivity index (χ3v) is 1.92. The molecule has 0 spiro atoms. The zero-order valence-corrected chi connectivity index (χ0v) is 7.50. The van der Waals surface area contributed by atoms with Crippen LogP contribution >= 0.6 is 0 Å². The molecule has 0 N–H and O–H groups in total. The second-order valence-electron chi connectivity index (χ2n) is 2.86. The molecule has 3 nitrogen and oxygen atoms in total. The topological polar surface area (TPSA) is 35.5 Å². The van der Waals surface area contributed by atoms with Crippen LogP contribution in [0.15, 0.2) is 11.6 Å². The maximum atomic E-state index is 11.2. The van der Waals surface area contributed by atoms with Crippen molar-refractivity contribution >= 4 is 5.97 Å². The van der Waals surface area contributed by atoms with Crippen molar-refractivity contribution < 1.29 is 14.3 Å². The van der Waals surface area contributed by atoms with Crippen molar-refractivity contribution in [2.24, 2.45) is 0 Å². The van der Waals surface area contributed by atoms with Gasteiger partial charge in [0, 0.05) is 12.0 Å². The number of esters is 1. The number of rotatable bonds is 2. The Morgan fingerprint density at radius 3 is 2.92 bits per heavy atom. The fourth-order valence-corrected chi connectivity index (χ4v) is 0.968. The first-order chi connectivity index (χ1) is 5.74. The Balaban J connectivity index is 2.35. The highest BCUT2D eigenvalue weighted by Gasteiger charge is 2.19. The molecule has 0 aromatic rings. The van der Waals surface area contributed by atoms with Crippen molar-refractivity contribution in [1.82, 2.24) is 0 Å². The molecule has 1 rings (SSSR count). The predicted molar refractivity (Wildman–Crippen MR) is 44.7 cm³/mol. The van der Waals surface area contributed by atoms with E-state index in [9.17, 15) is 4.79 Å². The monoisotopic (exact) mass is 170 g/mol. The van der Waals surface area contributed by atoms with E-state index < -0.39 is 0 Å². The van der Waals surface area contributed by atoms with Gasteiger partial charge in [0.25, 0.3) is 0 Å². The van der Waals surface area contributed by atoms with Crippen molar-refractivity contribution in [3.8, 4) is 0 Å². The standard InChI is InChI=1S/C9H14O3/c1-3-7(2)9(10)12-8-4-5-11-6-8/h3,8H,4-6H2,1-2H3/b7-3-/t8-/m1/s1. The largest absolute Gasteiger partial charge is 0.456 e. The first-order valence-corrected chi connectivity index (χ1v) is 4.15. The molecule has 1 atom stereocenters. The summed E-state index contributed by atoms with van der Waals surface area (Å²) >= 11 is 0. The average Bonchev–Trinajstić information content (AvgIpc) is 2.55. The third-order valence-electron chi connectivity index (χ3n) is 1.92. The van der Waals surface area contributed by atoms with Crippen molar-refractivity contribution in [3.63, 3.8) is 0 Å². The van der Waals surface area contributed by atoms with Crippen molar-refractivity contribution in [3.05, 3.63) is 11.6 Å². The lowest BCUT2D eigenvalue weighted by molar-refractivity contribution is -0.144. The Morgan fingerprint density at radius 1 is 1.67 bits per heavy atom. The number of allylic oxidation sites excluding steroid dienone is 1. The Bertz CT molecular complexity index is 190. The van der Waals surface area contributed by atoms with Gasteiger partial charge in [0.1, 0.15) is 6.10 Å². The van der Waals surface area contributed by atoms with E-state index >= 15 is 0 Å². The van der Waals surface area contributed by atoms with Crippen LogP contribution in [0.25, 0.3) is 0 Å². The number of ether oxygens (including phenoxy) is 2. The minimum absolute atomic E-state index is 0.0348. The maximum absolute atomic E-state index is 11.2. The third kappa shape index (κ3) is 2.34. The van der Waals surface area contributed by atoms with Gasteiger partial charge in [-0.05, 0) is 13.8 Å². The van der Waals surface area contributed by atoms with E-state index in [1.165, 1.54) is 0 Å². The number of hydrogen-bond donors (Lipinski definition) is 0. The van der Waals surface area contributed by atoms with Gasteiger partial charge in [0.05, 0.1) is 13.2 Å². The summed E-state index contributed by atoms with van der Waals surface area (Å²) in [4.78, 5) is 11.2. The summed E-state index contributed by atoms with van der Waals surface area (Å²) in [5.74, 6) is -0.229. The highest BCUT2D eigenvalue weighted by atomic mass is 16.6. The molecule has 1 aliphatic heterocycles. The summed E-state index contributed by atoms with van der Waals surface area (Å²) in [5.41, 5.74) is 0.655. The Labute approximate surface area is 72.4 Å². The summed E-state index contributed by atoms with van der Waals surface area (Å²) in [5, 5.41) is 0. The van der Waals surface area contributed by atoms with Gasteiger partial charge in [0.15, 0.2) is 0 Å². The van der Waals surface area contributed by atoms with Crippen LogP contribution in [-0.4, -0.2) is 25.3 Å². The lowest BCUT2D eigenvalue weighted by Gasteiger charge is -2.09. The Kier molecular flexibility index (Phi) is 3.29. The Morgan fingerprint density at radius 2 is 2.42 bits per heavy atom. The van der Waals surface area contributed by atoms with Crippen molar-refractivity contribution in [2.45, 2.75) is 26.4 Å². The van der Waals surface area contributed by atoms with E-state index in [4.69, 9.17) is 9.47 Å².